The van der Waals surface area contributed by atoms with E-state index in [0.717, 1.165) is 18.8 Å². The van der Waals surface area contributed by atoms with Gasteiger partial charge in [-0.2, -0.15) is 0 Å². The van der Waals surface area contributed by atoms with Crippen molar-refractivity contribution < 1.29 is 9.47 Å². The average molecular weight is 294 g/mol. The van der Waals surface area contributed by atoms with Gasteiger partial charge in [-0.05, 0) is 52.2 Å². The number of nitrogens with one attached hydrogen (secondary N) is 1. The van der Waals surface area contributed by atoms with E-state index in [9.17, 15) is 0 Å². The molecule has 0 atom stereocenters. The lowest BCUT2D eigenvalue weighted by Gasteiger charge is -2.32. The van der Waals surface area contributed by atoms with Gasteiger partial charge in [0.05, 0.1) is 13.2 Å². The molecular formula is C17H30N2O2. The van der Waals surface area contributed by atoms with E-state index in [0.29, 0.717) is 19.8 Å². The molecule has 4 nitrogen and oxygen atoms in total. The molecule has 1 aromatic rings. The molecule has 1 rings (SSSR count). The van der Waals surface area contributed by atoms with Gasteiger partial charge >= 0.3 is 0 Å². The molecule has 120 valence electrons. The zero-order valence-electron chi connectivity index (χ0n) is 14.1. The zero-order chi connectivity index (χ0) is 15.7. The second-order valence-corrected chi connectivity index (χ2v) is 6.04. The normalized spacial score (nSPS) is 11.9. The Kier molecular flexibility index (Phi) is 7.72. The first kappa shape index (κ1) is 18.0. The average Bonchev–Trinajstić information content (AvgIpc) is 2.45. The first-order valence-corrected chi connectivity index (χ1v) is 7.63. The van der Waals surface area contributed by atoms with Crippen molar-refractivity contribution in [1.29, 1.82) is 0 Å². The van der Waals surface area contributed by atoms with Crippen LogP contribution >= 0.6 is 0 Å². The summed E-state index contributed by atoms with van der Waals surface area (Å²) in [6.07, 6.45) is 0. The molecule has 0 aliphatic rings. The molecule has 0 amide bonds. The SMILES string of the molecule is CCNCc1cccc(OCCOCC(C)(C)N(C)C)c1. The Bertz CT molecular complexity index is 406. The van der Waals surface area contributed by atoms with E-state index in [2.05, 4.69) is 57.2 Å². The molecule has 1 aromatic carbocycles. The van der Waals surface area contributed by atoms with Crippen LogP contribution in [-0.2, 0) is 11.3 Å². The lowest BCUT2D eigenvalue weighted by Crippen LogP contribution is -2.42. The molecule has 0 unspecified atom stereocenters. The van der Waals surface area contributed by atoms with Gasteiger partial charge in [-0.1, -0.05) is 19.1 Å². The van der Waals surface area contributed by atoms with Crippen molar-refractivity contribution >= 4 is 0 Å². The van der Waals surface area contributed by atoms with Crippen LogP contribution in [0.15, 0.2) is 24.3 Å². The van der Waals surface area contributed by atoms with Gasteiger partial charge in [0.15, 0.2) is 0 Å². The molecule has 4 heteroatoms. The summed E-state index contributed by atoms with van der Waals surface area (Å²) in [5, 5.41) is 3.31. The van der Waals surface area contributed by atoms with Gasteiger partial charge in [0.2, 0.25) is 0 Å². The smallest absolute Gasteiger partial charge is 0.119 e. The summed E-state index contributed by atoms with van der Waals surface area (Å²) in [7, 11) is 4.13. The van der Waals surface area contributed by atoms with Crippen LogP contribution in [0.4, 0.5) is 0 Å². The van der Waals surface area contributed by atoms with Gasteiger partial charge in [0, 0.05) is 12.1 Å². The molecule has 0 fully saturated rings. The minimum Gasteiger partial charge on any atom is -0.491 e. The van der Waals surface area contributed by atoms with Crippen LogP contribution in [0.3, 0.4) is 0 Å². The van der Waals surface area contributed by atoms with E-state index >= 15 is 0 Å². The summed E-state index contributed by atoms with van der Waals surface area (Å²) in [6, 6.07) is 8.19. The van der Waals surface area contributed by atoms with Crippen molar-refractivity contribution in [3.8, 4) is 5.75 Å². The molecule has 0 aliphatic carbocycles. The van der Waals surface area contributed by atoms with Gasteiger partial charge in [-0.25, -0.2) is 0 Å². The fourth-order valence-corrected chi connectivity index (χ4v) is 1.68. The maximum atomic E-state index is 5.74. The Morgan fingerprint density at radius 2 is 1.95 bits per heavy atom. The summed E-state index contributed by atoms with van der Waals surface area (Å²) in [5.41, 5.74) is 1.29. The van der Waals surface area contributed by atoms with Crippen LogP contribution < -0.4 is 10.1 Å². The topological polar surface area (TPSA) is 33.7 Å². The number of rotatable bonds is 10. The molecule has 0 saturated carbocycles. The highest BCUT2D eigenvalue weighted by molar-refractivity contribution is 5.28. The quantitative estimate of drug-likeness (QED) is 0.672. The third-order valence-corrected chi connectivity index (χ3v) is 3.64. The van der Waals surface area contributed by atoms with Gasteiger partial charge in [0.1, 0.15) is 12.4 Å². The van der Waals surface area contributed by atoms with Crippen molar-refractivity contribution in [2.75, 3.05) is 40.5 Å². The predicted molar refractivity (Wildman–Crippen MR) is 87.9 cm³/mol. The first-order chi connectivity index (χ1) is 9.95. The Balaban J connectivity index is 2.26. The predicted octanol–water partition coefficient (Wildman–Crippen LogP) is 2.53. The monoisotopic (exact) mass is 294 g/mol. The minimum atomic E-state index is 0.0474. The van der Waals surface area contributed by atoms with Crippen LogP contribution in [0.25, 0.3) is 0 Å². The lowest BCUT2D eigenvalue weighted by atomic mass is 10.1. The molecule has 21 heavy (non-hydrogen) atoms. The van der Waals surface area contributed by atoms with Gasteiger partial charge < -0.3 is 19.7 Å². The van der Waals surface area contributed by atoms with E-state index in [1.807, 2.05) is 12.1 Å². The Labute approximate surface area is 129 Å². The molecular weight excluding hydrogens is 264 g/mol. The lowest BCUT2D eigenvalue weighted by molar-refractivity contribution is 0.0236. The second-order valence-electron chi connectivity index (χ2n) is 6.04. The number of likely N-dealkylation sites (N-methyl/N-ethyl adjacent to an activating group) is 1. The van der Waals surface area contributed by atoms with E-state index in [1.165, 1.54) is 5.56 Å². The Morgan fingerprint density at radius 3 is 2.62 bits per heavy atom. The highest BCUT2D eigenvalue weighted by Gasteiger charge is 2.20. The van der Waals surface area contributed by atoms with Gasteiger partial charge in [0.25, 0.3) is 0 Å². The third kappa shape index (κ3) is 6.93. The summed E-state index contributed by atoms with van der Waals surface area (Å²) < 4.78 is 11.4. The van der Waals surface area contributed by atoms with Crippen LogP contribution in [0.2, 0.25) is 0 Å². The molecule has 0 aliphatic heterocycles. The number of hydrogen-bond acceptors (Lipinski definition) is 4. The van der Waals surface area contributed by atoms with Crippen molar-refractivity contribution in [2.24, 2.45) is 0 Å². The fraction of sp³-hybridized carbons (Fsp3) is 0.647. The highest BCUT2D eigenvalue weighted by atomic mass is 16.5. The van der Waals surface area contributed by atoms with Crippen LogP contribution in [0.5, 0.6) is 5.75 Å². The largest absolute Gasteiger partial charge is 0.491 e. The fourth-order valence-electron chi connectivity index (χ4n) is 1.68. The van der Waals surface area contributed by atoms with Gasteiger partial charge in [-0.3, -0.25) is 0 Å². The third-order valence-electron chi connectivity index (χ3n) is 3.64. The van der Waals surface area contributed by atoms with Crippen molar-refractivity contribution in [3.63, 3.8) is 0 Å². The number of nitrogens with zero attached hydrogens (tertiary/aromatic N) is 1. The Hall–Kier alpha value is -1.10. The van der Waals surface area contributed by atoms with Crippen LogP contribution in [0, 0.1) is 0 Å². The zero-order valence-corrected chi connectivity index (χ0v) is 14.1. The number of ether oxygens (including phenoxy) is 2. The van der Waals surface area contributed by atoms with Gasteiger partial charge in [-0.15, -0.1) is 0 Å². The minimum absolute atomic E-state index is 0.0474. The second kappa shape index (κ2) is 9.03. The number of hydrogen-bond donors (Lipinski definition) is 1. The van der Waals surface area contributed by atoms with Crippen LogP contribution in [0.1, 0.15) is 26.3 Å². The van der Waals surface area contributed by atoms with E-state index in [4.69, 9.17) is 9.47 Å². The molecule has 0 aromatic heterocycles. The summed E-state index contributed by atoms with van der Waals surface area (Å²) >= 11 is 0. The summed E-state index contributed by atoms with van der Waals surface area (Å²) in [4.78, 5) is 2.16. The van der Waals surface area contributed by atoms with E-state index in [-0.39, 0.29) is 5.54 Å². The molecule has 1 N–H and O–H groups in total. The number of benzene rings is 1. The standard InChI is InChI=1S/C17H30N2O2/c1-6-18-13-15-8-7-9-16(12-15)21-11-10-20-14-17(2,3)19(4)5/h7-9,12,18H,6,10-11,13-14H2,1-5H3. The maximum Gasteiger partial charge on any atom is 0.119 e. The van der Waals surface area contributed by atoms with Crippen molar-refractivity contribution in [1.82, 2.24) is 10.2 Å². The Morgan fingerprint density at radius 1 is 1.19 bits per heavy atom. The summed E-state index contributed by atoms with van der Waals surface area (Å²) in [5.74, 6) is 0.904. The summed E-state index contributed by atoms with van der Waals surface area (Å²) in [6.45, 7) is 10.2. The molecule has 0 bridgehead atoms. The van der Waals surface area contributed by atoms with E-state index < -0.39 is 0 Å². The first-order valence-electron chi connectivity index (χ1n) is 7.63. The molecule has 0 heterocycles. The maximum absolute atomic E-state index is 5.74. The van der Waals surface area contributed by atoms with Crippen molar-refractivity contribution in [2.45, 2.75) is 32.9 Å². The molecule has 0 spiro atoms. The van der Waals surface area contributed by atoms with Crippen LogP contribution in [-0.4, -0.2) is 50.9 Å². The molecule has 0 saturated heterocycles. The van der Waals surface area contributed by atoms with E-state index in [1.54, 1.807) is 0 Å². The van der Waals surface area contributed by atoms with Crippen molar-refractivity contribution in [3.05, 3.63) is 29.8 Å². The highest BCUT2D eigenvalue weighted by Crippen LogP contribution is 2.13. The molecule has 0 radical (unpaired) electrons.